The van der Waals surface area contributed by atoms with Gasteiger partial charge in [-0.1, -0.05) is 17.7 Å². The van der Waals surface area contributed by atoms with Gasteiger partial charge in [0.1, 0.15) is 0 Å². The number of hydrogen-bond acceptors (Lipinski definition) is 3. The first kappa shape index (κ1) is 17.0. The third-order valence-corrected chi connectivity index (χ3v) is 5.05. The molecule has 0 spiro atoms. The molecule has 1 atom stereocenters. The predicted molar refractivity (Wildman–Crippen MR) is 95.0 cm³/mol. The van der Waals surface area contributed by atoms with Crippen LogP contribution in [0.5, 0.6) is 0 Å². The van der Waals surface area contributed by atoms with Crippen molar-refractivity contribution in [1.82, 2.24) is 5.32 Å². The maximum atomic E-state index is 12.3. The zero-order chi connectivity index (χ0) is 17.3. The van der Waals surface area contributed by atoms with Crippen molar-refractivity contribution in [3.63, 3.8) is 0 Å². The number of allylic oxidation sites excluding steroid dienone is 1. The molecular formula is C18H24N2O3S. The maximum absolute atomic E-state index is 12.3. The molecule has 130 valence electrons. The van der Waals surface area contributed by atoms with Crippen LogP contribution >= 0.6 is 0 Å². The van der Waals surface area contributed by atoms with Crippen LogP contribution in [0, 0.1) is 11.8 Å². The summed E-state index contributed by atoms with van der Waals surface area (Å²) in [7, 11) is -3.31. The Bertz CT molecular complexity index is 748. The molecule has 0 aromatic heterocycles. The molecule has 0 bridgehead atoms. The molecule has 2 aliphatic rings. The quantitative estimate of drug-likeness (QED) is 0.744. The topological polar surface area (TPSA) is 75.3 Å². The number of sulfonamides is 1. The van der Waals surface area contributed by atoms with Crippen LogP contribution in [0.4, 0.5) is 5.69 Å². The molecule has 6 heteroatoms. The molecule has 0 unspecified atom stereocenters. The van der Waals surface area contributed by atoms with Crippen LogP contribution in [0.2, 0.25) is 0 Å². The van der Waals surface area contributed by atoms with Crippen LogP contribution in [0.1, 0.15) is 44.2 Å². The van der Waals surface area contributed by atoms with Crippen LogP contribution < -0.4 is 10.0 Å². The van der Waals surface area contributed by atoms with E-state index in [-0.39, 0.29) is 11.9 Å². The monoisotopic (exact) mass is 348 g/mol. The Morgan fingerprint density at radius 2 is 1.83 bits per heavy atom. The lowest BCUT2D eigenvalue weighted by Gasteiger charge is -2.15. The first-order valence-electron chi connectivity index (χ1n) is 8.41. The normalized spacial score (nSPS) is 18.6. The molecule has 2 N–H and O–H groups in total. The number of benzene rings is 1. The molecule has 2 aliphatic carbocycles. The SMILES string of the molecule is C[C@H](NC(=O)C=C(C1CC1)C1CC1)c1cccc(NS(C)(=O)=O)c1. The Balaban J connectivity index is 1.65. The number of nitrogens with one attached hydrogen (secondary N) is 2. The van der Waals surface area contributed by atoms with E-state index in [9.17, 15) is 13.2 Å². The number of hydrogen-bond donors (Lipinski definition) is 2. The Hall–Kier alpha value is -1.82. The molecule has 1 amide bonds. The van der Waals surface area contributed by atoms with Gasteiger partial charge >= 0.3 is 0 Å². The fourth-order valence-electron chi connectivity index (χ4n) is 2.98. The summed E-state index contributed by atoms with van der Waals surface area (Å²) in [5, 5.41) is 2.99. The summed E-state index contributed by atoms with van der Waals surface area (Å²) in [6, 6.07) is 6.91. The molecule has 0 aliphatic heterocycles. The smallest absolute Gasteiger partial charge is 0.244 e. The van der Waals surface area contributed by atoms with Gasteiger partial charge in [-0.2, -0.15) is 0 Å². The van der Waals surface area contributed by atoms with E-state index >= 15 is 0 Å². The van der Waals surface area contributed by atoms with Crippen molar-refractivity contribution < 1.29 is 13.2 Å². The lowest BCUT2D eigenvalue weighted by molar-refractivity contribution is -0.117. The lowest BCUT2D eigenvalue weighted by atomic mass is 10.0. The van der Waals surface area contributed by atoms with E-state index in [1.165, 1.54) is 31.3 Å². The van der Waals surface area contributed by atoms with E-state index < -0.39 is 10.0 Å². The summed E-state index contributed by atoms with van der Waals surface area (Å²) in [5.41, 5.74) is 2.69. The highest BCUT2D eigenvalue weighted by atomic mass is 32.2. The van der Waals surface area contributed by atoms with Crippen molar-refractivity contribution in [3.8, 4) is 0 Å². The largest absolute Gasteiger partial charge is 0.346 e. The van der Waals surface area contributed by atoms with Crippen molar-refractivity contribution in [2.24, 2.45) is 11.8 Å². The summed E-state index contributed by atoms with van der Waals surface area (Å²) >= 11 is 0. The summed E-state index contributed by atoms with van der Waals surface area (Å²) in [6.07, 6.45) is 7.76. The second kappa shape index (κ2) is 6.59. The first-order chi connectivity index (χ1) is 11.3. The third kappa shape index (κ3) is 4.84. The minimum Gasteiger partial charge on any atom is -0.346 e. The van der Waals surface area contributed by atoms with E-state index in [4.69, 9.17) is 0 Å². The van der Waals surface area contributed by atoms with Crippen LogP contribution in [-0.2, 0) is 14.8 Å². The van der Waals surface area contributed by atoms with Gasteiger partial charge in [0.2, 0.25) is 15.9 Å². The Labute approximate surface area is 143 Å². The first-order valence-corrected chi connectivity index (χ1v) is 10.3. The van der Waals surface area contributed by atoms with E-state index in [1.54, 1.807) is 24.3 Å². The Morgan fingerprint density at radius 3 is 2.38 bits per heavy atom. The van der Waals surface area contributed by atoms with Gasteiger partial charge in [0.25, 0.3) is 0 Å². The van der Waals surface area contributed by atoms with E-state index in [0.29, 0.717) is 17.5 Å². The van der Waals surface area contributed by atoms with Gasteiger partial charge in [-0.05, 0) is 62.1 Å². The lowest BCUT2D eigenvalue weighted by Crippen LogP contribution is -2.25. The van der Waals surface area contributed by atoms with Crippen molar-refractivity contribution in [3.05, 3.63) is 41.5 Å². The minimum absolute atomic E-state index is 0.0576. The molecule has 0 heterocycles. The van der Waals surface area contributed by atoms with Crippen LogP contribution in [0.3, 0.4) is 0 Å². The van der Waals surface area contributed by atoms with Crippen LogP contribution in [0.25, 0.3) is 0 Å². The Kier molecular flexibility index (Phi) is 4.67. The summed E-state index contributed by atoms with van der Waals surface area (Å²) in [4.78, 5) is 12.3. The number of carbonyl (C=O) groups is 1. The second-order valence-electron chi connectivity index (χ2n) is 6.92. The zero-order valence-electron chi connectivity index (χ0n) is 14.1. The Morgan fingerprint density at radius 1 is 1.21 bits per heavy atom. The fraction of sp³-hybridized carbons (Fsp3) is 0.500. The minimum atomic E-state index is -3.31. The molecule has 1 aromatic rings. The summed E-state index contributed by atoms with van der Waals surface area (Å²) < 4.78 is 25.1. The predicted octanol–water partition coefficient (Wildman–Crippen LogP) is 2.98. The van der Waals surface area contributed by atoms with Gasteiger partial charge < -0.3 is 5.32 Å². The summed E-state index contributed by atoms with van der Waals surface area (Å²) in [6.45, 7) is 1.90. The third-order valence-electron chi connectivity index (χ3n) is 4.44. The molecule has 2 fully saturated rings. The van der Waals surface area contributed by atoms with Gasteiger partial charge in [0, 0.05) is 11.8 Å². The highest BCUT2D eigenvalue weighted by Crippen LogP contribution is 2.48. The fourth-order valence-corrected chi connectivity index (χ4v) is 3.53. The highest BCUT2D eigenvalue weighted by Gasteiger charge is 2.36. The van der Waals surface area contributed by atoms with Crippen LogP contribution in [0.15, 0.2) is 35.9 Å². The van der Waals surface area contributed by atoms with Crippen molar-refractivity contribution >= 4 is 21.6 Å². The van der Waals surface area contributed by atoms with Gasteiger partial charge in [-0.15, -0.1) is 0 Å². The zero-order valence-corrected chi connectivity index (χ0v) is 14.9. The molecular weight excluding hydrogens is 324 g/mol. The average Bonchev–Trinajstić information content (AvgIpc) is 3.36. The van der Waals surface area contributed by atoms with E-state index in [0.717, 1.165) is 11.8 Å². The number of rotatable bonds is 7. The van der Waals surface area contributed by atoms with Crippen LogP contribution in [-0.4, -0.2) is 20.6 Å². The molecule has 5 nitrogen and oxygen atoms in total. The van der Waals surface area contributed by atoms with Gasteiger partial charge in [-0.25, -0.2) is 8.42 Å². The van der Waals surface area contributed by atoms with E-state index in [2.05, 4.69) is 10.0 Å². The van der Waals surface area contributed by atoms with Gasteiger partial charge in [0.05, 0.1) is 12.3 Å². The van der Waals surface area contributed by atoms with Gasteiger partial charge in [0.15, 0.2) is 0 Å². The molecule has 0 radical (unpaired) electrons. The molecule has 24 heavy (non-hydrogen) atoms. The number of anilines is 1. The van der Waals surface area contributed by atoms with Crippen molar-refractivity contribution in [2.75, 3.05) is 11.0 Å². The molecule has 2 saturated carbocycles. The average molecular weight is 348 g/mol. The van der Waals surface area contributed by atoms with Crippen molar-refractivity contribution in [2.45, 2.75) is 38.6 Å². The van der Waals surface area contributed by atoms with E-state index in [1.807, 2.05) is 13.0 Å². The summed E-state index contributed by atoms with van der Waals surface area (Å²) in [5.74, 6) is 1.19. The standard InChI is InChI=1S/C18H24N2O3S/c1-12(15-4-3-5-16(10-15)20-24(2,22)23)19-18(21)11-17(13-6-7-13)14-8-9-14/h3-5,10-14,20H,6-9H2,1-2H3,(H,19,21)/t12-/m0/s1. The number of amides is 1. The second-order valence-corrected chi connectivity index (χ2v) is 8.67. The maximum Gasteiger partial charge on any atom is 0.244 e. The van der Waals surface area contributed by atoms with Gasteiger partial charge in [-0.3, -0.25) is 9.52 Å². The number of carbonyl (C=O) groups excluding carboxylic acids is 1. The van der Waals surface area contributed by atoms with Crippen molar-refractivity contribution in [1.29, 1.82) is 0 Å². The highest BCUT2D eigenvalue weighted by molar-refractivity contribution is 7.92. The molecule has 0 saturated heterocycles. The molecule has 1 aromatic carbocycles. The molecule has 3 rings (SSSR count).